The fourth-order valence-corrected chi connectivity index (χ4v) is 3.64. The van der Waals surface area contributed by atoms with Gasteiger partial charge in [-0.25, -0.2) is 0 Å². The van der Waals surface area contributed by atoms with Crippen molar-refractivity contribution >= 4 is 23.4 Å². The topological polar surface area (TPSA) is 58.6 Å². The number of methoxy groups -OCH3 is 1. The monoisotopic (exact) mass is 464 g/mol. The molecular formula is C27H29ClN2O3. The van der Waals surface area contributed by atoms with Crippen molar-refractivity contribution in [2.75, 3.05) is 13.7 Å². The van der Waals surface area contributed by atoms with E-state index in [4.69, 9.17) is 16.3 Å². The molecule has 0 radical (unpaired) electrons. The molecule has 0 spiro atoms. The summed E-state index contributed by atoms with van der Waals surface area (Å²) in [6.07, 6.45) is 0.922. The van der Waals surface area contributed by atoms with Gasteiger partial charge in [-0.2, -0.15) is 0 Å². The van der Waals surface area contributed by atoms with Crippen molar-refractivity contribution in [2.24, 2.45) is 0 Å². The van der Waals surface area contributed by atoms with Gasteiger partial charge in [0.05, 0.1) is 13.5 Å². The van der Waals surface area contributed by atoms with Crippen LogP contribution in [0.1, 0.15) is 23.6 Å². The van der Waals surface area contributed by atoms with E-state index in [-0.39, 0.29) is 18.2 Å². The van der Waals surface area contributed by atoms with Crippen LogP contribution in [0.25, 0.3) is 0 Å². The molecule has 1 atom stereocenters. The van der Waals surface area contributed by atoms with E-state index in [1.54, 1.807) is 31.1 Å². The number of ether oxygens (including phenoxy) is 1. The molecule has 172 valence electrons. The zero-order valence-corrected chi connectivity index (χ0v) is 19.7. The third kappa shape index (κ3) is 7.36. The van der Waals surface area contributed by atoms with Crippen molar-refractivity contribution in [1.82, 2.24) is 10.2 Å². The van der Waals surface area contributed by atoms with Gasteiger partial charge < -0.3 is 15.0 Å². The van der Waals surface area contributed by atoms with E-state index in [1.807, 2.05) is 66.7 Å². The molecule has 0 saturated carbocycles. The van der Waals surface area contributed by atoms with Crippen molar-refractivity contribution in [2.45, 2.75) is 32.4 Å². The van der Waals surface area contributed by atoms with E-state index in [0.717, 1.165) is 28.9 Å². The van der Waals surface area contributed by atoms with Gasteiger partial charge in [-0.1, -0.05) is 66.2 Å². The summed E-state index contributed by atoms with van der Waals surface area (Å²) in [4.78, 5) is 27.8. The van der Waals surface area contributed by atoms with Crippen LogP contribution in [0.3, 0.4) is 0 Å². The molecule has 3 aromatic carbocycles. The predicted octanol–water partition coefficient (Wildman–Crippen LogP) is 4.67. The summed E-state index contributed by atoms with van der Waals surface area (Å²) >= 11 is 5.97. The molecule has 1 N–H and O–H groups in total. The number of hydrogen-bond donors (Lipinski definition) is 1. The Balaban J connectivity index is 1.69. The molecule has 0 fully saturated rings. The second-order valence-corrected chi connectivity index (χ2v) is 8.31. The molecular weight excluding hydrogens is 436 g/mol. The molecule has 0 heterocycles. The summed E-state index contributed by atoms with van der Waals surface area (Å²) in [5.74, 6) is 0.437. The number of benzene rings is 3. The predicted molar refractivity (Wildman–Crippen MR) is 131 cm³/mol. The highest BCUT2D eigenvalue weighted by Crippen LogP contribution is 2.17. The largest absolute Gasteiger partial charge is 0.497 e. The van der Waals surface area contributed by atoms with Gasteiger partial charge >= 0.3 is 0 Å². The minimum Gasteiger partial charge on any atom is -0.497 e. The van der Waals surface area contributed by atoms with Crippen LogP contribution in [-0.4, -0.2) is 36.4 Å². The first kappa shape index (κ1) is 24.3. The maximum Gasteiger partial charge on any atom is 0.242 e. The minimum atomic E-state index is -0.623. The Labute approximate surface area is 200 Å². The molecule has 0 unspecified atom stereocenters. The lowest BCUT2D eigenvalue weighted by Crippen LogP contribution is -2.48. The number of halogens is 1. The van der Waals surface area contributed by atoms with Crippen molar-refractivity contribution < 1.29 is 14.3 Å². The summed E-state index contributed by atoms with van der Waals surface area (Å²) in [5.41, 5.74) is 2.92. The molecule has 5 nitrogen and oxygen atoms in total. The average molecular weight is 465 g/mol. The smallest absolute Gasteiger partial charge is 0.242 e. The number of amides is 2. The molecule has 0 bridgehead atoms. The standard InChI is InChI=1S/C27H29ClN2O3/c1-20(27(32)29-17-16-21-6-4-3-5-7-21)30(19-23-10-14-25(33-2)15-11-23)26(31)18-22-8-12-24(28)13-9-22/h3-15,20H,16-19H2,1-2H3,(H,29,32)/t20-/m1/s1. The summed E-state index contributed by atoms with van der Waals surface area (Å²) < 4.78 is 5.22. The highest BCUT2D eigenvalue weighted by molar-refractivity contribution is 6.30. The lowest BCUT2D eigenvalue weighted by Gasteiger charge is -2.29. The van der Waals surface area contributed by atoms with Crippen molar-refractivity contribution in [3.8, 4) is 5.75 Å². The van der Waals surface area contributed by atoms with E-state index in [9.17, 15) is 9.59 Å². The molecule has 0 saturated heterocycles. The van der Waals surface area contributed by atoms with Crippen LogP contribution >= 0.6 is 11.6 Å². The average Bonchev–Trinajstić information content (AvgIpc) is 2.84. The van der Waals surface area contributed by atoms with Crippen molar-refractivity contribution in [1.29, 1.82) is 0 Å². The van der Waals surface area contributed by atoms with Gasteiger partial charge in [-0.15, -0.1) is 0 Å². The summed E-state index contributed by atoms with van der Waals surface area (Å²) in [5, 5.41) is 3.59. The third-order valence-corrected chi connectivity index (χ3v) is 5.76. The Morgan fingerprint density at radius 3 is 2.18 bits per heavy atom. The number of hydrogen-bond acceptors (Lipinski definition) is 3. The first-order valence-corrected chi connectivity index (χ1v) is 11.3. The van der Waals surface area contributed by atoms with Gasteiger partial charge in [0.25, 0.3) is 0 Å². The molecule has 2 amide bonds. The Morgan fingerprint density at radius 2 is 1.55 bits per heavy atom. The SMILES string of the molecule is COc1ccc(CN(C(=O)Cc2ccc(Cl)cc2)[C@H](C)C(=O)NCCc2ccccc2)cc1. The van der Waals surface area contributed by atoms with Crippen LogP contribution in [0.15, 0.2) is 78.9 Å². The summed E-state index contributed by atoms with van der Waals surface area (Å²) in [6, 6.07) is 24.0. The van der Waals surface area contributed by atoms with Gasteiger partial charge in [-0.05, 0) is 54.3 Å². The molecule has 0 aliphatic rings. The molecule has 3 aromatic rings. The Hall–Kier alpha value is -3.31. The van der Waals surface area contributed by atoms with Crippen molar-refractivity contribution in [3.05, 3.63) is 101 Å². The van der Waals surface area contributed by atoms with E-state index >= 15 is 0 Å². The second kappa shape index (κ2) is 12.1. The summed E-state index contributed by atoms with van der Waals surface area (Å²) in [7, 11) is 1.61. The third-order valence-electron chi connectivity index (χ3n) is 5.50. The first-order valence-electron chi connectivity index (χ1n) is 10.9. The fourth-order valence-electron chi connectivity index (χ4n) is 3.51. The van der Waals surface area contributed by atoms with Gasteiger partial charge in [0.2, 0.25) is 11.8 Å². The molecule has 3 rings (SSSR count). The molecule has 0 aliphatic heterocycles. The first-order chi connectivity index (χ1) is 16.0. The van der Waals surface area contributed by atoms with Crippen LogP contribution in [0.4, 0.5) is 0 Å². The normalized spacial score (nSPS) is 11.5. The lowest BCUT2D eigenvalue weighted by atomic mass is 10.1. The molecule has 6 heteroatoms. The zero-order chi connectivity index (χ0) is 23.6. The summed E-state index contributed by atoms with van der Waals surface area (Å²) in [6.45, 7) is 2.60. The fraction of sp³-hybridized carbons (Fsp3) is 0.259. The number of carbonyl (C=O) groups is 2. The highest BCUT2D eigenvalue weighted by Gasteiger charge is 2.26. The van der Waals surface area contributed by atoms with E-state index in [2.05, 4.69) is 5.32 Å². The van der Waals surface area contributed by atoms with Crippen LogP contribution in [0.5, 0.6) is 5.75 Å². The number of nitrogens with one attached hydrogen (secondary N) is 1. The van der Waals surface area contributed by atoms with Crippen LogP contribution in [-0.2, 0) is 29.0 Å². The van der Waals surface area contributed by atoms with Gasteiger partial charge in [0.15, 0.2) is 0 Å². The Kier molecular flexibility index (Phi) is 8.90. The Bertz CT molecular complexity index is 1040. The maximum absolute atomic E-state index is 13.3. The van der Waals surface area contributed by atoms with Crippen LogP contribution in [0, 0.1) is 0 Å². The Morgan fingerprint density at radius 1 is 0.909 bits per heavy atom. The zero-order valence-electron chi connectivity index (χ0n) is 19.0. The molecule has 0 aromatic heterocycles. The highest BCUT2D eigenvalue weighted by atomic mass is 35.5. The minimum absolute atomic E-state index is 0.126. The quantitative estimate of drug-likeness (QED) is 0.474. The van der Waals surface area contributed by atoms with Crippen molar-refractivity contribution in [3.63, 3.8) is 0 Å². The number of nitrogens with zero attached hydrogens (tertiary/aromatic N) is 1. The molecule has 0 aliphatic carbocycles. The van der Waals surface area contributed by atoms with Gasteiger partial charge in [0.1, 0.15) is 11.8 Å². The maximum atomic E-state index is 13.3. The van der Waals surface area contributed by atoms with Crippen LogP contribution in [0.2, 0.25) is 5.02 Å². The number of carbonyl (C=O) groups excluding carboxylic acids is 2. The van der Waals surface area contributed by atoms with E-state index in [1.165, 1.54) is 0 Å². The number of rotatable bonds is 10. The van der Waals surface area contributed by atoms with Gasteiger partial charge in [0, 0.05) is 18.1 Å². The molecule has 33 heavy (non-hydrogen) atoms. The second-order valence-electron chi connectivity index (χ2n) is 7.88. The van der Waals surface area contributed by atoms with Gasteiger partial charge in [-0.3, -0.25) is 9.59 Å². The van der Waals surface area contributed by atoms with Crippen LogP contribution < -0.4 is 10.1 Å². The van der Waals surface area contributed by atoms with E-state index in [0.29, 0.717) is 18.1 Å². The van der Waals surface area contributed by atoms with E-state index < -0.39 is 6.04 Å². The lowest BCUT2D eigenvalue weighted by molar-refractivity contribution is -0.140.